The van der Waals surface area contributed by atoms with Gasteiger partial charge in [0.05, 0.1) is 0 Å². The molecule has 12 rings (SSSR count). The number of rotatable bonds is 6. The third-order valence-corrected chi connectivity index (χ3v) is 11.4. The maximum atomic E-state index is 6.70. The fourth-order valence-electron chi connectivity index (χ4n) is 8.82. The number of furan rings is 1. The summed E-state index contributed by atoms with van der Waals surface area (Å²) in [7, 11) is 0. The Morgan fingerprint density at radius 1 is 0.328 bits per heavy atom. The van der Waals surface area contributed by atoms with Crippen LogP contribution < -0.4 is 4.90 Å². The molecule has 0 radical (unpaired) electrons. The molecule has 0 N–H and O–H groups in total. The summed E-state index contributed by atoms with van der Waals surface area (Å²) >= 11 is 0. The lowest BCUT2D eigenvalue weighted by Crippen LogP contribution is -2.09. The molecule has 58 heavy (non-hydrogen) atoms. The molecule has 0 atom stereocenters. The van der Waals surface area contributed by atoms with Crippen LogP contribution in [0.5, 0.6) is 0 Å². The minimum atomic E-state index is 0.595. The van der Waals surface area contributed by atoms with E-state index in [1.807, 2.05) is 72.8 Å². The van der Waals surface area contributed by atoms with Crippen molar-refractivity contribution >= 4 is 60.5 Å². The van der Waals surface area contributed by atoms with Crippen LogP contribution in [0.15, 0.2) is 199 Å². The standard InChI is InChI=1S/C53H32N4O/c1-4-14-33(15-5-1)51-54-52(34-16-6-2-7-17-34)56-53(55-51)44-24-13-25-47-50(44)43-29-27-38(32-48(43)58-47)57(36-19-8-3-9-20-36)37-26-28-40-42-23-12-22-41-39-21-11-10-18-35(39)30-46(49(41)42)45(40)31-37/h1-32H. The van der Waals surface area contributed by atoms with Gasteiger partial charge < -0.3 is 9.32 Å². The largest absolute Gasteiger partial charge is 0.456 e. The smallest absolute Gasteiger partial charge is 0.164 e. The topological polar surface area (TPSA) is 55.1 Å². The first-order chi connectivity index (χ1) is 28.7. The van der Waals surface area contributed by atoms with Crippen LogP contribution in [0.4, 0.5) is 17.1 Å². The molecule has 0 spiro atoms. The number of aromatic nitrogens is 3. The van der Waals surface area contributed by atoms with Gasteiger partial charge in [-0.25, -0.2) is 15.0 Å². The van der Waals surface area contributed by atoms with Crippen LogP contribution in [-0.4, -0.2) is 15.0 Å². The van der Waals surface area contributed by atoms with Gasteiger partial charge >= 0.3 is 0 Å². The van der Waals surface area contributed by atoms with Gasteiger partial charge in [0.2, 0.25) is 0 Å². The van der Waals surface area contributed by atoms with Crippen LogP contribution in [0.1, 0.15) is 0 Å². The number of para-hydroxylation sites is 1. The van der Waals surface area contributed by atoms with Crippen molar-refractivity contribution in [1.29, 1.82) is 0 Å². The Morgan fingerprint density at radius 3 is 1.72 bits per heavy atom. The number of hydrogen-bond donors (Lipinski definition) is 0. The highest BCUT2D eigenvalue weighted by Crippen LogP contribution is 2.51. The van der Waals surface area contributed by atoms with E-state index in [1.165, 1.54) is 43.8 Å². The molecule has 1 aliphatic carbocycles. The van der Waals surface area contributed by atoms with Gasteiger partial charge in [-0.05, 0) is 92.3 Å². The molecule has 2 heterocycles. The quantitative estimate of drug-likeness (QED) is 0.159. The summed E-state index contributed by atoms with van der Waals surface area (Å²) in [5.74, 6) is 1.84. The maximum absolute atomic E-state index is 6.70. The van der Waals surface area contributed by atoms with E-state index in [1.54, 1.807) is 0 Å². The second-order valence-corrected chi connectivity index (χ2v) is 14.8. The Hall–Kier alpha value is -7.89. The summed E-state index contributed by atoms with van der Waals surface area (Å²) in [6.45, 7) is 0. The fourth-order valence-corrected chi connectivity index (χ4v) is 8.82. The van der Waals surface area contributed by atoms with Gasteiger partial charge in [0.25, 0.3) is 0 Å². The molecule has 9 aromatic carbocycles. The zero-order valence-electron chi connectivity index (χ0n) is 31.2. The highest BCUT2D eigenvalue weighted by Gasteiger charge is 2.25. The highest BCUT2D eigenvalue weighted by atomic mass is 16.3. The molecular formula is C53H32N4O. The molecule has 1 aliphatic rings. The van der Waals surface area contributed by atoms with Crippen molar-refractivity contribution in [1.82, 2.24) is 15.0 Å². The van der Waals surface area contributed by atoms with Crippen molar-refractivity contribution in [3.05, 3.63) is 194 Å². The average molecular weight is 741 g/mol. The second-order valence-electron chi connectivity index (χ2n) is 14.8. The average Bonchev–Trinajstić information content (AvgIpc) is 3.83. The molecule has 2 aromatic heterocycles. The molecule has 0 fully saturated rings. The summed E-state index contributed by atoms with van der Waals surface area (Å²) in [4.78, 5) is 17.4. The Bertz CT molecular complexity index is 3340. The molecular weight excluding hydrogens is 709 g/mol. The van der Waals surface area contributed by atoms with Crippen molar-refractivity contribution in [3.63, 3.8) is 0 Å². The van der Waals surface area contributed by atoms with Crippen LogP contribution >= 0.6 is 0 Å². The lowest BCUT2D eigenvalue weighted by atomic mass is 9.96. The number of hydrogen-bond acceptors (Lipinski definition) is 5. The molecule has 0 saturated carbocycles. The molecule has 11 aromatic rings. The number of fused-ring (bicyclic) bond motifs is 8. The van der Waals surface area contributed by atoms with Crippen LogP contribution in [0, 0.1) is 0 Å². The van der Waals surface area contributed by atoms with E-state index in [0.29, 0.717) is 17.5 Å². The van der Waals surface area contributed by atoms with E-state index < -0.39 is 0 Å². The molecule has 0 amide bonds. The van der Waals surface area contributed by atoms with Gasteiger partial charge in [-0.1, -0.05) is 140 Å². The zero-order valence-corrected chi connectivity index (χ0v) is 31.2. The molecule has 0 unspecified atom stereocenters. The second kappa shape index (κ2) is 12.8. The van der Waals surface area contributed by atoms with Gasteiger partial charge in [0, 0.05) is 50.6 Å². The summed E-state index contributed by atoms with van der Waals surface area (Å²) in [6, 6.07) is 68.0. The summed E-state index contributed by atoms with van der Waals surface area (Å²) in [5.41, 5.74) is 12.5. The van der Waals surface area contributed by atoms with E-state index in [4.69, 9.17) is 19.4 Å². The molecule has 0 aliphatic heterocycles. The number of benzene rings is 9. The number of nitrogens with zero attached hydrogens (tertiary/aromatic N) is 4. The zero-order chi connectivity index (χ0) is 38.2. The third-order valence-electron chi connectivity index (χ3n) is 11.4. The van der Waals surface area contributed by atoms with Crippen LogP contribution in [0.3, 0.4) is 0 Å². The van der Waals surface area contributed by atoms with Gasteiger partial charge in [-0.3, -0.25) is 0 Å². The van der Waals surface area contributed by atoms with Gasteiger partial charge in [-0.2, -0.15) is 0 Å². The van der Waals surface area contributed by atoms with Crippen molar-refractivity contribution in [2.75, 3.05) is 4.90 Å². The summed E-state index contributed by atoms with van der Waals surface area (Å²) < 4.78 is 6.70. The fraction of sp³-hybridized carbons (Fsp3) is 0. The summed E-state index contributed by atoms with van der Waals surface area (Å²) in [6.07, 6.45) is 0. The van der Waals surface area contributed by atoms with E-state index in [0.717, 1.165) is 55.7 Å². The molecule has 0 saturated heterocycles. The first kappa shape index (κ1) is 32.4. The Morgan fingerprint density at radius 2 is 0.948 bits per heavy atom. The Labute approximate surface area is 334 Å². The predicted octanol–water partition coefficient (Wildman–Crippen LogP) is 14.2. The van der Waals surface area contributed by atoms with Crippen molar-refractivity contribution in [2.45, 2.75) is 0 Å². The van der Waals surface area contributed by atoms with Crippen molar-refractivity contribution < 1.29 is 4.42 Å². The third kappa shape index (κ3) is 5.07. The molecule has 270 valence electrons. The monoisotopic (exact) mass is 740 g/mol. The van der Waals surface area contributed by atoms with Crippen LogP contribution in [-0.2, 0) is 0 Å². The Balaban J connectivity index is 1.02. The van der Waals surface area contributed by atoms with Gasteiger partial charge in [-0.15, -0.1) is 0 Å². The predicted molar refractivity (Wildman–Crippen MR) is 238 cm³/mol. The van der Waals surface area contributed by atoms with Gasteiger partial charge in [0.15, 0.2) is 17.5 Å². The lowest BCUT2D eigenvalue weighted by molar-refractivity contribution is 0.669. The molecule has 5 heteroatoms. The first-order valence-electron chi connectivity index (χ1n) is 19.5. The van der Waals surface area contributed by atoms with Crippen molar-refractivity contribution in [2.24, 2.45) is 0 Å². The normalized spacial score (nSPS) is 11.8. The van der Waals surface area contributed by atoms with E-state index >= 15 is 0 Å². The first-order valence-corrected chi connectivity index (χ1v) is 19.5. The lowest BCUT2D eigenvalue weighted by Gasteiger charge is -2.26. The van der Waals surface area contributed by atoms with Crippen LogP contribution in [0.2, 0.25) is 0 Å². The van der Waals surface area contributed by atoms with E-state index in [-0.39, 0.29) is 0 Å². The maximum Gasteiger partial charge on any atom is 0.164 e. The molecule has 5 nitrogen and oxygen atoms in total. The van der Waals surface area contributed by atoms with E-state index in [2.05, 4.69) is 126 Å². The van der Waals surface area contributed by atoms with Crippen LogP contribution in [0.25, 0.3) is 99.9 Å². The van der Waals surface area contributed by atoms with Gasteiger partial charge in [0.1, 0.15) is 11.2 Å². The minimum absolute atomic E-state index is 0.595. The highest BCUT2D eigenvalue weighted by molar-refractivity contribution is 6.23. The minimum Gasteiger partial charge on any atom is -0.456 e. The van der Waals surface area contributed by atoms with Crippen molar-refractivity contribution in [3.8, 4) is 56.4 Å². The van der Waals surface area contributed by atoms with E-state index in [9.17, 15) is 0 Å². The SMILES string of the molecule is c1ccc(-c2nc(-c3ccccc3)nc(-c3cccc4oc5cc(N(c6ccccc6)c6ccc7c(c6)-c6cc8ccccc8c8cccc-7c68)ccc5c34)n2)cc1. The number of anilines is 3. The Kier molecular flexibility index (Phi) is 7.16. The molecule has 0 bridgehead atoms. The summed E-state index contributed by atoms with van der Waals surface area (Å²) in [5, 5.41) is 7.11.